The molecule has 0 saturated heterocycles. The van der Waals surface area contributed by atoms with E-state index >= 15 is 0 Å². The van der Waals surface area contributed by atoms with E-state index in [0.717, 1.165) is 21.8 Å². The van der Waals surface area contributed by atoms with Gasteiger partial charge in [0.25, 0.3) is 0 Å². The molecule has 5 heteroatoms. The van der Waals surface area contributed by atoms with Crippen LogP contribution in [-0.2, 0) is 11.3 Å². The van der Waals surface area contributed by atoms with Gasteiger partial charge in [0, 0.05) is 17.3 Å². The Hall–Kier alpha value is -0.390. The average Bonchev–Trinajstić information content (AvgIpc) is 2.68. The maximum absolute atomic E-state index is 11.7. The van der Waals surface area contributed by atoms with Crippen LogP contribution < -0.4 is 10.6 Å². The van der Waals surface area contributed by atoms with Gasteiger partial charge in [-0.3, -0.25) is 4.79 Å². The number of halogens is 1. The molecule has 0 radical (unpaired) electrons. The zero-order chi connectivity index (χ0) is 12.0. The summed E-state index contributed by atoms with van der Waals surface area (Å²) < 4.78 is 1.09. The molecule has 0 fully saturated rings. The normalized spacial score (nSPS) is 12.4. The van der Waals surface area contributed by atoms with E-state index in [-0.39, 0.29) is 11.8 Å². The molecule has 1 atom stereocenters. The fraction of sp³-hybridized carbons (Fsp3) is 0.545. The highest BCUT2D eigenvalue weighted by Gasteiger charge is 2.11. The lowest BCUT2D eigenvalue weighted by atomic mass is 10.1. The minimum Gasteiger partial charge on any atom is -0.351 e. The van der Waals surface area contributed by atoms with Gasteiger partial charge in [0.05, 0.1) is 10.3 Å². The van der Waals surface area contributed by atoms with Crippen molar-refractivity contribution in [2.24, 2.45) is 5.92 Å². The van der Waals surface area contributed by atoms with Crippen molar-refractivity contribution in [1.82, 2.24) is 10.6 Å². The molecule has 90 valence electrons. The summed E-state index contributed by atoms with van der Waals surface area (Å²) in [5.74, 6) is 0.119. The molecule has 3 nitrogen and oxygen atoms in total. The number of nitrogens with one attached hydrogen (secondary N) is 2. The summed E-state index contributed by atoms with van der Waals surface area (Å²) in [4.78, 5) is 12.8. The molecule has 0 aliphatic carbocycles. The third-order valence-corrected chi connectivity index (χ3v) is 3.84. The van der Waals surface area contributed by atoms with Gasteiger partial charge < -0.3 is 10.6 Å². The lowest BCUT2D eigenvalue weighted by Crippen LogP contribution is -2.34. The molecule has 0 aromatic carbocycles. The van der Waals surface area contributed by atoms with Gasteiger partial charge in [0.1, 0.15) is 0 Å². The third-order valence-electron chi connectivity index (χ3n) is 2.21. The largest absolute Gasteiger partial charge is 0.351 e. The summed E-state index contributed by atoms with van der Waals surface area (Å²) in [6.07, 6.45) is 0. The fourth-order valence-corrected chi connectivity index (χ4v) is 2.67. The molecule has 0 aliphatic rings. The van der Waals surface area contributed by atoms with E-state index in [0.29, 0.717) is 6.54 Å². The topological polar surface area (TPSA) is 41.1 Å². The smallest absolute Gasteiger partial charge is 0.224 e. The molecule has 1 rings (SSSR count). The summed E-state index contributed by atoms with van der Waals surface area (Å²) in [6, 6.07) is 4.01. The van der Waals surface area contributed by atoms with E-state index in [9.17, 15) is 4.79 Å². The Morgan fingerprint density at radius 3 is 2.88 bits per heavy atom. The number of hydrogen-bond donors (Lipinski definition) is 2. The van der Waals surface area contributed by atoms with Gasteiger partial charge in [-0.15, -0.1) is 11.3 Å². The number of carbonyl (C=O) groups excluding carboxylic acids is 1. The van der Waals surface area contributed by atoms with Gasteiger partial charge in [0.2, 0.25) is 5.91 Å². The Morgan fingerprint density at radius 1 is 1.56 bits per heavy atom. The zero-order valence-electron chi connectivity index (χ0n) is 9.55. The molecule has 0 aliphatic heterocycles. The number of rotatable bonds is 6. The predicted molar refractivity (Wildman–Crippen MR) is 71.6 cm³/mol. The van der Waals surface area contributed by atoms with Crippen LogP contribution in [0.2, 0.25) is 0 Å². The number of amides is 1. The molecule has 0 spiro atoms. The molecule has 0 saturated carbocycles. The van der Waals surface area contributed by atoms with E-state index in [4.69, 9.17) is 0 Å². The molecule has 1 aromatic heterocycles. The van der Waals surface area contributed by atoms with Crippen LogP contribution in [0.25, 0.3) is 0 Å². The van der Waals surface area contributed by atoms with Crippen molar-refractivity contribution in [3.8, 4) is 0 Å². The van der Waals surface area contributed by atoms with Crippen LogP contribution in [0.4, 0.5) is 0 Å². The van der Waals surface area contributed by atoms with Gasteiger partial charge in [-0.05, 0) is 34.6 Å². The van der Waals surface area contributed by atoms with Crippen molar-refractivity contribution in [3.05, 3.63) is 20.8 Å². The molecule has 16 heavy (non-hydrogen) atoms. The zero-order valence-corrected chi connectivity index (χ0v) is 12.0. The minimum atomic E-state index is 0.0170. The molecule has 1 heterocycles. The lowest BCUT2D eigenvalue weighted by molar-refractivity contribution is -0.124. The van der Waals surface area contributed by atoms with Crippen LogP contribution in [-0.4, -0.2) is 19.0 Å². The highest BCUT2D eigenvalue weighted by molar-refractivity contribution is 9.11. The maximum atomic E-state index is 11.7. The summed E-state index contributed by atoms with van der Waals surface area (Å²) in [5, 5.41) is 6.10. The molecule has 2 N–H and O–H groups in total. The number of carbonyl (C=O) groups is 1. The standard InChI is InChI=1S/C11H17BrN2OS/c1-3-13-6-8(2)11(15)14-7-9-4-5-10(12)16-9/h4-5,8,13H,3,6-7H2,1-2H3,(H,14,15). The van der Waals surface area contributed by atoms with Crippen LogP contribution in [0.1, 0.15) is 18.7 Å². The Balaban J connectivity index is 2.29. The van der Waals surface area contributed by atoms with Crippen molar-refractivity contribution >= 4 is 33.2 Å². The molecule has 1 amide bonds. The van der Waals surface area contributed by atoms with Crippen molar-refractivity contribution in [3.63, 3.8) is 0 Å². The molecular weight excluding hydrogens is 288 g/mol. The lowest BCUT2D eigenvalue weighted by Gasteiger charge is -2.11. The Labute approximate surface area is 109 Å². The van der Waals surface area contributed by atoms with Gasteiger partial charge in [0.15, 0.2) is 0 Å². The minimum absolute atomic E-state index is 0.0170. The first kappa shape index (κ1) is 13.7. The van der Waals surface area contributed by atoms with Gasteiger partial charge in [-0.1, -0.05) is 13.8 Å². The molecule has 1 unspecified atom stereocenters. The second-order valence-electron chi connectivity index (χ2n) is 3.63. The summed E-state index contributed by atoms with van der Waals surface area (Å²) in [7, 11) is 0. The second kappa shape index (κ2) is 7.04. The maximum Gasteiger partial charge on any atom is 0.224 e. The Bertz CT molecular complexity index is 340. The van der Waals surface area contributed by atoms with E-state index in [1.807, 2.05) is 26.0 Å². The van der Waals surface area contributed by atoms with E-state index in [2.05, 4.69) is 26.6 Å². The average molecular weight is 305 g/mol. The first-order valence-electron chi connectivity index (χ1n) is 5.36. The van der Waals surface area contributed by atoms with Crippen LogP contribution in [0.3, 0.4) is 0 Å². The molecule has 0 bridgehead atoms. The Morgan fingerprint density at radius 2 is 2.31 bits per heavy atom. The monoisotopic (exact) mass is 304 g/mol. The van der Waals surface area contributed by atoms with Gasteiger partial charge in [-0.25, -0.2) is 0 Å². The van der Waals surface area contributed by atoms with Crippen LogP contribution in [0.15, 0.2) is 15.9 Å². The van der Waals surface area contributed by atoms with Crippen molar-refractivity contribution in [2.45, 2.75) is 20.4 Å². The van der Waals surface area contributed by atoms with Gasteiger partial charge >= 0.3 is 0 Å². The SMILES string of the molecule is CCNCC(C)C(=O)NCc1ccc(Br)s1. The molecule has 1 aromatic rings. The number of hydrogen-bond acceptors (Lipinski definition) is 3. The van der Waals surface area contributed by atoms with E-state index < -0.39 is 0 Å². The number of thiophene rings is 1. The van der Waals surface area contributed by atoms with Gasteiger partial charge in [-0.2, -0.15) is 0 Å². The Kier molecular flexibility index (Phi) is 6.01. The van der Waals surface area contributed by atoms with Crippen molar-refractivity contribution < 1.29 is 4.79 Å². The van der Waals surface area contributed by atoms with Crippen LogP contribution in [0.5, 0.6) is 0 Å². The second-order valence-corrected chi connectivity index (χ2v) is 6.18. The predicted octanol–water partition coefficient (Wildman–Crippen LogP) is 2.37. The summed E-state index contributed by atoms with van der Waals surface area (Å²) >= 11 is 5.04. The van der Waals surface area contributed by atoms with E-state index in [1.54, 1.807) is 11.3 Å². The summed E-state index contributed by atoms with van der Waals surface area (Å²) in [5.41, 5.74) is 0. The first-order chi connectivity index (χ1) is 7.63. The van der Waals surface area contributed by atoms with Crippen molar-refractivity contribution in [2.75, 3.05) is 13.1 Å². The third kappa shape index (κ3) is 4.63. The summed E-state index contributed by atoms with van der Waals surface area (Å²) in [6.45, 7) is 6.22. The first-order valence-corrected chi connectivity index (χ1v) is 6.97. The van der Waals surface area contributed by atoms with Crippen LogP contribution in [0, 0.1) is 5.92 Å². The molecular formula is C11H17BrN2OS. The quantitative estimate of drug-likeness (QED) is 0.847. The highest BCUT2D eigenvalue weighted by atomic mass is 79.9. The van der Waals surface area contributed by atoms with E-state index in [1.165, 1.54) is 0 Å². The van der Waals surface area contributed by atoms with Crippen molar-refractivity contribution in [1.29, 1.82) is 0 Å². The fourth-order valence-electron chi connectivity index (χ4n) is 1.25. The highest BCUT2D eigenvalue weighted by Crippen LogP contribution is 2.21. The van der Waals surface area contributed by atoms with Crippen LogP contribution >= 0.6 is 27.3 Å².